The molecule has 1 N–H and O–H groups in total. The molecule has 0 bridgehead atoms. The summed E-state index contributed by atoms with van der Waals surface area (Å²) in [7, 11) is 1.39. The van der Waals surface area contributed by atoms with Crippen molar-refractivity contribution in [3.8, 4) is 0 Å². The summed E-state index contributed by atoms with van der Waals surface area (Å²) in [6.45, 7) is 4.14. The summed E-state index contributed by atoms with van der Waals surface area (Å²) < 4.78 is 38.6. The van der Waals surface area contributed by atoms with E-state index in [2.05, 4.69) is 7.96 Å². The molecular weight excluding hydrogens is 461 g/mol. The van der Waals surface area contributed by atoms with Gasteiger partial charge in [-0.05, 0) is 0 Å². The molecule has 1 aliphatic heterocycles. The number of alkyl halides is 2. The molecule has 9 heteroatoms. The minimum absolute atomic E-state index is 0.0877. The molecule has 0 aliphatic carbocycles. The molecule has 1 aromatic rings. The monoisotopic (exact) mass is 482 g/mol. The van der Waals surface area contributed by atoms with Gasteiger partial charge in [0, 0.05) is 0 Å². The van der Waals surface area contributed by atoms with Crippen LogP contribution in [0.1, 0.15) is 36.8 Å². The number of pyridine rings is 1. The summed E-state index contributed by atoms with van der Waals surface area (Å²) in [6.07, 6.45) is 1.04. The van der Waals surface area contributed by atoms with Gasteiger partial charge in [0.15, 0.2) is 0 Å². The van der Waals surface area contributed by atoms with Gasteiger partial charge >= 0.3 is 164 Å². The van der Waals surface area contributed by atoms with Gasteiger partial charge in [0.05, 0.1) is 0 Å². The molecular formula is C18H21F2InN2O4. The zero-order valence-electron chi connectivity index (χ0n) is 15.6. The van der Waals surface area contributed by atoms with E-state index in [9.17, 15) is 18.4 Å². The van der Waals surface area contributed by atoms with Gasteiger partial charge in [-0.2, -0.15) is 0 Å². The second kappa shape index (κ2) is 8.18. The molecule has 144 valence electrons. The first-order valence-electron chi connectivity index (χ1n) is 8.37. The molecule has 0 radical (unpaired) electrons. The summed E-state index contributed by atoms with van der Waals surface area (Å²) in [5.41, 5.74) is -0.728. The van der Waals surface area contributed by atoms with Crippen molar-refractivity contribution in [1.29, 1.82) is 0 Å². The number of ketones is 2. The van der Waals surface area contributed by atoms with Crippen molar-refractivity contribution in [2.45, 2.75) is 30.9 Å². The molecule has 0 aromatic carbocycles. The third-order valence-electron chi connectivity index (χ3n) is 4.14. The summed E-state index contributed by atoms with van der Waals surface area (Å²) in [5.74, 6) is -3.64. The average Bonchev–Trinajstić information content (AvgIpc) is 3.03. The van der Waals surface area contributed by atoms with E-state index in [1.807, 2.05) is 20.8 Å². The van der Waals surface area contributed by atoms with Gasteiger partial charge in [-0.3, -0.25) is 0 Å². The second-order valence-corrected chi connectivity index (χ2v) is 13.4. The van der Waals surface area contributed by atoms with E-state index in [1.165, 1.54) is 13.2 Å². The average molecular weight is 482 g/mol. The van der Waals surface area contributed by atoms with Crippen molar-refractivity contribution in [2.24, 2.45) is 8.40 Å². The van der Waals surface area contributed by atoms with Crippen molar-refractivity contribution in [3.05, 3.63) is 39.0 Å². The normalized spacial score (nSPS) is 14.7. The van der Waals surface area contributed by atoms with Crippen LogP contribution in [0.5, 0.6) is 0 Å². The Morgan fingerprint density at radius 1 is 1.26 bits per heavy atom. The van der Waals surface area contributed by atoms with E-state index in [0.29, 0.717) is 4.18 Å². The van der Waals surface area contributed by atoms with Crippen LogP contribution >= 0.6 is 0 Å². The molecule has 27 heavy (non-hydrogen) atoms. The van der Waals surface area contributed by atoms with Crippen LogP contribution < -0.4 is 0 Å². The molecule has 0 amide bonds. The van der Waals surface area contributed by atoms with Crippen LogP contribution in [0.25, 0.3) is 0 Å². The molecule has 0 fully saturated rings. The molecule has 0 saturated carbocycles. The van der Waals surface area contributed by atoms with Crippen molar-refractivity contribution in [3.63, 3.8) is 0 Å². The summed E-state index contributed by atoms with van der Waals surface area (Å²) in [5, 5.41) is 8.70. The fraction of sp³-hybridized carbons (Fsp3) is 0.444. The third kappa shape index (κ3) is 5.01. The van der Waals surface area contributed by atoms with E-state index in [1.54, 1.807) is 3.83 Å². The third-order valence-corrected chi connectivity index (χ3v) is 10.1. The van der Waals surface area contributed by atoms with Crippen molar-refractivity contribution < 1.29 is 28.2 Å². The van der Waals surface area contributed by atoms with Crippen molar-refractivity contribution >= 4 is 39.2 Å². The number of methoxy groups -OCH3 is 1. The number of rotatable bonds is 6. The predicted octanol–water partition coefficient (Wildman–Crippen LogP) is 2.48. The fourth-order valence-corrected chi connectivity index (χ4v) is 9.57. The number of hydrogen-bond acceptors (Lipinski definition) is 6. The second-order valence-electron chi connectivity index (χ2n) is 7.29. The SMILES string of the molecule is COC1=[N][In]([CH2]C(=O)C(C)(C)C)[CH]=C1C(=O)c1ccc(C(F)(F)CO)nc1. The Labute approximate surface area is 164 Å². The topological polar surface area (TPSA) is 88.8 Å². The van der Waals surface area contributed by atoms with Gasteiger partial charge in [-0.25, -0.2) is 0 Å². The molecule has 0 unspecified atom stereocenters. The maximum absolute atomic E-state index is 13.4. The Morgan fingerprint density at radius 3 is 2.41 bits per heavy atom. The Kier molecular flexibility index (Phi) is 6.57. The van der Waals surface area contributed by atoms with Crippen LogP contribution in [-0.4, -0.2) is 63.0 Å². The van der Waals surface area contributed by atoms with Gasteiger partial charge in [-0.1, -0.05) is 0 Å². The number of aliphatic hydroxyl groups excluding tert-OH is 1. The Bertz CT molecular complexity index is 799. The Morgan fingerprint density at radius 2 is 1.93 bits per heavy atom. The number of hydrogen-bond donors (Lipinski definition) is 1. The molecule has 1 aliphatic rings. The van der Waals surface area contributed by atoms with E-state index in [0.717, 1.165) is 12.3 Å². The van der Waals surface area contributed by atoms with Crippen molar-refractivity contribution in [1.82, 2.24) is 4.98 Å². The molecule has 2 heterocycles. The number of aliphatic hydroxyl groups is 1. The van der Waals surface area contributed by atoms with Crippen LogP contribution in [0.15, 0.2) is 30.7 Å². The Hall–Kier alpha value is -1.61. The van der Waals surface area contributed by atoms with Gasteiger partial charge in [0.25, 0.3) is 0 Å². The van der Waals surface area contributed by atoms with E-state index in [4.69, 9.17) is 9.84 Å². The van der Waals surface area contributed by atoms with Gasteiger partial charge in [0.2, 0.25) is 0 Å². The molecule has 2 rings (SSSR count). The van der Waals surface area contributed by atoms with E-state index >= 15 is 0 Å². The molecule has 1 aromatic heterocycles. The van der Waals surface area contributed by atoms with E-state index < -0.39 is 51.1 Å². The first-order valence-corrected chi connectivity index (χ1v) is 14.1. The van der Waals surface area contributed by atoms with Crippen LogP contribution in [0.3, 0.4) is 0 Å². The van der Waals surface area contributed by atoms with Gasteiger partial charge in [0.1, 0.15) is 0 Å². The quantitative estimate of drug-likeness (QED) is 0.630. The molecule has 0 spiro atoms. The summed E-state index contributed by atoms with van der Waals surface area (Å²) in [6, 6.07) is 2.23. The Balaban J connectivity index is 2.23. The zero-order chi connectivity index (χ0) is 20.4. The molecule has 6 nitrogen and oxygen atoms in total. The van der Waals surface area contributed by atoms with Gasteiger partial charge < -0.3 is 0 Å². The van der Waals surface area contributed by atoms with Gasteiger partial charge in [-0.15, -0.1) is 0 Å². The number of nitrogens with zero attached hydrogens (tertiary/aromatic N) is 2. The standard InChI is InChI=1S/C12H10F2N2O3.C6H11O.In/c1-7(11(15)19-2)10(18)8-3-4-9(16-5-8)12(13,14)6-17;1-5(7)6(2,3)4;/h1,3-5,17H,6H2,2H3;1H2,2-4H3;/q-1;;+1. The fourth-order valence-electron chi connectivity index (χ4n) is 2.44. The number of halogens is 2. The zero-order valence-corrected chi connectivity index (χ0v) is 18.9. The maximum atomic E-state index is 13.4. The number of ether oxygens (including phenoxy) is 1. The first-order chi connectivity index (χ1) is 12.5. The first kappa shape index (κ1) is 21.7. The number of Topliss-reactive ketones (excluding diaryl/α,β-unsaturated/α-hetero) is 2. The van der Waals surface area contributed by atoms with Crippen LogP contribution in [0, 0.1) is 5.41 Å². The van der Waals surface area contributed by atoms with Crippen LogP contribution in [-0.2, 0) is 15.5 Å². The number of carbonyl (C=O) groups is 2. The molecule has 0 saturated heterocycles. The van der Waals surface area contributed by atoms with Crippen LogP contribution in [0.2, 0.25) is 4.18 Å². The van der Waals surface area contributed by atoms with E-state index in [-0.39, 0.29) is 22.8 Å². The minimum atomic E-state index is -3.47. The van der Waals surface area contributed by atoms with Crippen molar-refractivity contribution in [2.75, 3.05) is 13.7 Å². The van der Waals surface area contributed by atoms with Crippen LogP contribution in [0.4, 0.5) is 8.78 Å². The predicted molar refractivity (Wildman–Crippen MR) is 97.1 cm³/mol. The summed E-state index contributed by atoms with van der Waals surface area (Å²) in [4.78, 5) is 28.6. The summed E-state index contributed by atoms with van der Waals surface area (Å²) >= 11 is -2.82. The number of carbonyl (C=O) groups excluding carboxylic acids is 2. The molecule has 0 atom stereocenters. The number of aromatic nitrogens is 1.